The highest BCUT2D eigenvalue weighted by Crippen LogP contribution is 2.41. The van der Waals surface area contributed by atoms with Crippen LogP contribution < -0.4 is 9.64 Å². The summed E-state index contributed by atoms with van der Waals surface area (Å²) in [5, 5.41) is 12.0. The molecule has 1 saturated carbocycles. The number of amides is 1. The van der Waals surface area contributed by atoms with Crippen molar-refractivity contribution >= 4 is 34.2 Å². The van der Waals surface area contributed by atoms with Gasteiger partial charge in [0.1, 0.15) is 5.75 Å². The lowest BCUT2D eigenvalue weighted by atomic mass is 9.79. The van der Waals surface area contributed by atoms with Gasteiger partial charge in [-0.2, -0.15) is 0 Å². The number of ether oxygens (including phenoxy) is 1. The van der Waals surface area contributed by atoms with E-state index in [4.69, 9.17) is 4.74 Å². The number of carbonyl (C=O) groups excluding carboxylic acids is 2. The highest BCUT2D eigenvalue weighted by molar-refractivity contribution is 8.14. The minimum absolute atomic E-state index is 0.119. The van der Waals surface area contributed by atoms with Crippen LogP contribution in [-0.4, -0.2) is 47.3 Å². The number of thioether (sulfide) groups is 1. The van der Waals surface area contributed by atoms with Gasteiger partial charge in [-0.25, -0.2) is 0 Å². The summed E-state index contributed by atoms with van der Waals surface area (Å²) >= 11 is 1.73. The summed E-state index contributed by atoms with van der Waals surface area (Å²) in [5.41, 5.74) is 2.36. The van der Waals surface area contributed by atoms with Gasteiger partial charge in [0.2, 0.25) is 0 Å². The molecule has 1 atom stereocenters. The number of aliphatic hydroxyl groups excluding tert-OH is 1. The zero-order valence-electron chi connectivity index (χ0n) is 19.2. The predicted molar refractivity (Wildman–Crippen MR) is 135 cm³/mol. The SMILES string of the molecule is COc1ccc(C(=O)C2=C(O)C(=O)N(c3ccc(C4=NCCS4)cc3)C2C2CCCCC2)cc1. The maximum Gasteiger partial charge on any atom is 0.294 e. The van der Waals surface area contributed by atoms with Crippen LogP contribution >= 0.6 is 11.8 Å². The number of methoxy groups -OCH3 is 1. The number of aliphatic hydroxyl groups is 1. The van der Waals surface area contributed by atoms with Crippen molar-refractivity contribution in [1.82, 2.24) is 0 Å². The van der Waals surface area contributed by atoms with Gasteiger partial charge < -0.3 is 9.84 Å². The summed E-state index contributed by atoms with van der Waals surface area (Å²) in [4.78, 5) is 33.1. The molecule has 0 bridgehead atoms. The zero-order chi connectivity index (χ0) is 23.7. The Balaban J connectivity index is 1.51. The summed E-state index contributed by atoms with van der Waals surface area (Å²) < 4.78 is 5.21. The molecule has 0 saturated heterocycles. The van der Waals surface area contributed by atoms with Crippen molar-refractivity contribution < 1.29 is 19.4 Å². The molecule has 2 heterocycles. The molecule has 2 aromatic rings. The van der Waals surface area contributed by atoms with Crippen LogP contribution in [-0.2, 0) is 4.79 Å². The van der Waals surface area contributed by atoms with Gasteiger partial charge in [0, 0.05) is 29.1 Å². The topological polar surface area (TPSA) is 79.2 Å². The maximum atomic E-state index is 13.6. The quantitative estimate of drug-likeness (QED) is 0.581. The molecule has 0 aromatic heterocycles. The Bertz CT molecular complexity index is 1150. The first-order valence-electron chi connectivity index (χ1n) is 11.8. The first kappa shape index (κ1) is 22.7. The molecule has 2 aliphatic heterocycles. The Labute approximate surface area is 203 Å². The third-order valence-electron chi connectivity index (χ3n) is 6.92. The Morgan fingerprint density at radius 2 is 1.76 bits per heavy atom. The lowest BCUT2D eigenvalue weighted by molar-refractivity contribution is -0.117. The number of rotatable bonds is 6. The van der Waals surface area contributed by atoms with Gasteiger partial charge in [-0.05, 0) is 55.2 Å². The van der Waals surface area contributed by atoms with Gasteiger partial charge in [-0.3, -0.25) is 19.5 Å². The Morgan fingerprint density at radius 3 is 2.38 bits per heavy atom. The number of ketones is 1. The van der Waals surface area contributed by atoms with Crippen LogP contribution in [0.2, 0.25) is 0 Å². The number of nitrogens with zero attached hydrogens (tertiary/aromatic N) is 2. The van der Waals surface area contributed by atoms with Crippen molar-refractivity contribution in [3.05, 3.63) is 71.0 Å². The van der Waals surface area contributed by atoms with Crippen molar-refractivity contribution in [2.75, 3.05) is 24.3 Å². The zero-order valence-corrected chi connectivity index (χ0v) is 20.0. The van der Waals surface area contributed by atoms with E-state index in [0.717, 1.165) is 55.0 Å². The van der Waals surface area contributed by atoms with Crippen LogP contribution in [0.5, 0.6) is 5.75 Å². The smallest absolute Gasteiger partial charge is 0.294 e. The Hall–Kier alpha value is -3.06. The van der Waals surface area contributed by atoms with Gasteiger partial charge in [-0.1, -0.05) is 31.4 Å². The van der Waals surface area contributed by atoms with Crippen molar-refractivity contribution in [3.63, 3.8) is 0 Å². The second kappa shape index (κ2) is 9.66. The molecular formula is C27H28N2O4S. The number of aliphatic imine (C=N–C) groups is 1. The fraction of sp³-hybridized carbons (Fsp3) is 0.370. The van der Waals surface area contributed by atoms with Crippen LogP contribution in [0.15, 0.2) is 64.9 Å². The van der Waals surface area contributed by atoms with Crippen molar-refractivity contribution in [3.8, 4) is 5.75 Å². The molecule has 176 valence electrons. The highest BCUT2D eigenvalue weighted by Gasteiger charge is 2.47. The molecular weight excluding hydrogens is 448 g/mol. The van der Waals surface area contributed by atoms with Crippen molar-refractivity contribution in [1.29, 1.82) is 0 Å². The number of hydrogen-bond acceptors (Lipinski definition) is 6. The first-order valence-corrected chi connectivity index (χ1v) is 12.8. The number of benzene rings is 2. The van der Waals surface area contributed by atoms with Gasteiger partial charge in [0.25, 0.3) is 5.91 Å². The average Bonchev–Trinajstić information content (AvgIpc) is 3.52. The van der Waals surface area contributed by atoms with E-state index in [-0.39, 0.29) is 17.3 Å². The van der Waals surface area contributed by atoms with E-state index in [1.807, 2.05) is 24.3 Å². The molecule has 0 radical (unpaired) electrons. The minimum Gasteiger partial charge on any atom is -0.503 e. The number of carbonyl (C=O) groups is 2. The normalized spacial score (nSPS) is 21.2. The summed E-state index contributed by atoms with van der Waals surface area (Å²) in [7, 11) is 1.57. The lowest BCUT2D eigenvalue weighted by Gasteiger charge is -2.35. The molecule has 0 spiro atoms. The van der Waals surface area contributed by atoms with Gasteiger partial charge in [0.05, 0.1) is 23.8 Å². The number of hydrogen-bond donors (Lipinski definition) is 1. The van der Waals surface area contributed by atoms with Crippen LogP contribution in [0.3, 0.4) is 0 Å². The van der Waals surface area contributed by atoms with Crippen LogP contribution in [0.25, 0.3) is 0 Å². The number of Topliss-reactive ketones (excluding diaryl/α,β-unsaturated/α-hetero) is 1. The molecule has 5 rings (SSSR count). The van der Waals surface area contributed by atoms with Crippen LogP contribution in [0.1, 0.15) is 48.0 Å². The van der Waals surface area contributed by atoms with E-state index in [9.17, 15) is 14.7 Å². The molecule has 1 fully saturated rings. The monoisotopic (exact) mass is 476 g/mol. The second-order valence-electron chi connectivity index (χ2n) is 8.92. The van der Waals surface area contributed by atoms with Crippen LogP contribution in [0, 0.1) is 5.92 Å². The fourth-order valence-corrected chi connectivity index (χ4v) is 6.07. The standard InChI is InChI=1S/C27H28N2O4S/c1-33-21-13-9-18(10-14-21)24(30)22-23(17-5-3-2-4-6-17)29(27(32)25(22)31)20-11-7-19(8-12-20)26-28-15-16-34-26/h7-14,17,23,31H,2-6,15-16H2,1H3. The highest BCUT2D eigenvalue weighted by atomic mass is 32.2. The average molecular weight is 477 g/mol. The van der Waals surface area contributed by atoms with Crippen molar-refractivity contribution in [2.24, 2.45) is 10.9 Å². The number of anilines is 1. The third-order valence-corrected chi connectivity index (χ3v) is 7.95. The molecule has 6 nitrogen and oxygen atoms in total. The molecule has 1 aliphatic carbocycles. The lowest BCUT2D eigenvalue weighted by Crippen LogP contribution is -2.42. The molecule has 34 heavy (non-hydrogen) atoms. The molecule has 1 N–H and O–H groups in total. The Kier molecular flexibility index (Phi) is 6.46. The van der Waals surface area contributed by atoms with E-state index >= 15 is 0 Å². The van der Waals surface area contributed by atoms with Gasteiger partial charge in [-0.15, -0.1) is 11.8 Å². The van der Waals surface area contributed by atoms with E-state index < -0.39 is 17.7 Å². The largest absolute Gasteiger partial charge is 0.503 e. The van der Waals surface area contributed by atoms with E-state index in [2.05, 4.69) is 4.99 Å². The first-order chi connectivity index (χ1) is 16.6. The minimum atomic E-state index is -0.507. The maximum absolute atomic E-state index is 13.6. The van der Waals surface area contributed by atoms with E-state index in [1.165, 1.54) is 0 Å². The van der Waals surface area contributed by atoms with Gasteiger partial charge in [0.15, 0.2) is 11.5 Å². The molecule has 1 unspecified atom stereocenters. The van der Waals surface area contributed by atoms with Crippen molar-refractivity contribution in [2.45, 2.75) is 38.1 Å². The van der Waals surface area contributed by atoms with E-state index in [0.29, 0.717) is 17.0 Å². The summed E-state index contributed by atoms with van der Waals surface area (Å²) in [6.07, 6.45) is 5.12. The predicted octanol–water partition coefficient (Wildman–Crippen LogP) is 5.18. The second-order valence-corrected chi connectivity index (χ2v) is 10.0. The molecule has 3 aliphatic rings. The Morgan fingerprint density at radius 1 is 1.06 bits per heavy atom. The summed E-state index contributed by atoms with van der Waals surface area (Å²) in [6.45, 7) is 0.824. The van der Waals surface area contributed by atoms with Crippen LogP contribution in [0.4, 0.5) is 5.69 Å². The summed E-state index contributed by atoms with van der Waals surface area (Å²) in [5.74, 6) is 0.505. The van der Waals surface area contributed by atoms with Gasteiger partial charge >= 0.3 is 0 Å². The fourth-order valence-electron chi connectivity index (χ4n) is 5.21. The molecule has 1 amide bonds. The van der Waals surface area contributed by atoms with E-state index in [1.54, 1.807) is 48.0 Å². The molecule has 2 aromatic carbocycles. The molecule has 7 heteroatoms. The summed E-state index contributed by atoms with van der Waals surface area (Å²) in [6, 6.07) is 14.1. The third kappa shape index (κ3) is 4.13.